The summed E-state index contributed by atoms with van der Waals surface area (Å²) in [4.78, 5) is 15.7. The number of sulfonamides is 1. The first-order valence-corrected chi connectivity index (χ1v) is 9.01. The van der Waals surface area contributed by atoms with Crippen LogP contribution in [0.15, 0.2) is 29.3 Å². The summed E-state index contributed by atoms with van der Waals surface area (Å²) in [6, 6.07) is 3.53. The van der Waals surface area contributed by atoms with Crippen LogP contribution in [0, 0.1) is 12.7 Å². The third kappa shape index (κ3) is 4.49. The third-order valence-electron chi connectivity index (χ3n) is 2.84. The summed E-state index contributed by atoms with van der Waals surface area (Å²) in [7, 11) is -3.95. The molecule has 0 atom stereocenters. The van der Waals surface area contributed by atoms with Gasteiger partial charge in [-0.3, -0.25) is 9.52 Å². The maximum atomic E-state index is 13.3. The van der Waals surface area contributed by atoms with Crippen molar-refractivity contribution < 1.29 is 22.3 Å². The van der Waals surface area contributed by atoms with E-state index < -0.39 is 21.8 Å². The van der Waals surface area contributed by atoms with Crippen molar-refractivity contribution >= 4 is 32.5 Å². The van der Waals surface area contributed by atoms with Gasteiger partial charge in [0.15, 0.2) is 5.13 Å². The molecule has 23 heavy (non-hydrogen) atoms. The number of ether oxygens (including phenoxy) is 1. The van der Waals surface area contributed by atoms with Gasteiger partial charge in [-0.15, -0.1) is 11.3 Å². The predicted molar refractivity (Wildman–Crippen MR) is 84.4 cm³/mol. The summed E-state index contributed by atoms with van der Waals surface area (Å²) < 4.78 is 45.0. The standard InChI is InChI=1S/C14H15FN2O4S2/c1-3-21-13(18)7-11-8-16-14(22-11)17-23(19,20)12-6-10(15)5-4-9(12)2/h4-6,8H,3,7H2,1-2H3,(H,16,17). The smallest absolute Gasteiger partial charge is 0.311 e. The highest BCUT2D eigenvalue weighted by Crippen LogP contribution is 2.24. The van der Waals surface area contributed by atoms with E-state index in [4.69, 9.17) is 4.74 Å². The summed E-state index contributed by atoms with van der Waals surface area (Å²) in [5, 5.41) is 0.105. The Bertz CT molecular complexity index is 818. The Morgan fingerprint density at radius 2 is 2.17 bits per heavy atom. The van der Waals surface area contributed by atoms with E-state index in [1.165, 1.54) is 18.3 Å². The molecule has 2 aromatic rings. The minimum atomic E-state index is -3.95. The van der Waals surface area contributed by atoms with Crippen molar-refractivity contribution in [3.8, 4) is 0 Å². The fraction of sp³-hybridized carbons (Fsp3) is 0.286. The molecule has 0 aliphatic rings. The van der Waals surface area contributed by atoms with Crippen LogP contribution in [-0.4, -0.2) is 26.0 Å². The molecule has 124 valence electrons. The fourth-order valence-corrected chi connectivity index (χ4v) is 4.12. The first kappa shape index (κ1) is 17.4. The van der Waals surface area contributed by atoms with Crippen molar-refractivity contribution in [3.63, 3.8) is 0 Å². The molecule has 0 saturated heterocycles. The maximum absolute atomic E-state index is 13.3. The first-order valence-electron chi connectivity index (χ1n) is 6.71. The van der Waals surface area contributed by atoms with Crippen molar-refractivity contribution in [2.24, 2.45) is 0 Å². The molecule has 0 unspecified atom stereocenters. The number of aryl methyl sites for hydroxylation is 1. The summed E-state index contributed by atoms with van der Waals surface area (Å²) in [6.07, 6.45) is 1.42. The number of carbonyl (C=O) groups excluding carboxylic acids is 1. The summed E-state index contributed by atoms with van der Waals surface area (Å²) in [5.74, 6) is -1.05. The number of carbonyl (C=O) groups is 1. The number of benzene rings is 1. The zero-order valence-corrected chi connectivity index (χ0v) is 14.1. The molecule has 0 fully saturated rings. The highest BCUT2D eigenvalue weighted by molar-refractivity contribution is 7.93. The van der Waals surface area contributed by atoms with E-state index in [9.17, 15) is 17.6 Å². The van der Waals surface area contributed by atoms with Crippen LogP contribution in [0.4, 0.5) is 9.52 Å². The van der Waals surface area contributed by atoms with Crippen molar-refractivity contribution in [2.45, 2.75) is 25.2 Å². The van der Waals surface area contributed by atoms with Crippen molar-refractivity contribution in [1.82, 2.24) is 4.98 Å². The number of hydrogen-bond acceptors (Lipinski definition) is 6. The van der Waals surface area contributed by atoms with Gasteiger partial charge in [0, 0.05) is 11.1 Å². The van der Waals surface area contributed by atoms with E-state index in [-0.39, 0.29) is 23.1 Å². The number of nitrogens with one attached hydrogen (secondary N) is 1. The molecule has 1 heterocycles. The number of anilines is 1. The second kappa shape index (κ2) is 7.05. The number of rotatable bonds is 6. The zero-order chi connectivity index (χ0) is 17.0. The predicted octanol–water partition coefficient (Wildman–Crippen LogP) is 2.50. The Kier molecular flexibility index (Phi) is 5.32. The highest BCUT2D eigenvalue weighted by atomic mass is 32.2. The summed E-state index contributed by atoms with van der Waals surface area (Å²) in [6.45, 7) is 3.55. The largest absolute Gasteiger partial charge is 0.466 e. The molecule has 2 rings (SSSR count). The van der Waals surface area contributed by atoms with Crippen LogP contribution in [-0.2, 0) is 26.0 Å². The minimum Gasteiger partial charge on any atom is -0.466 e. The lowest BCUT2D eigenvalue weighted by molar-refractivity contribution is -0.142. The average Bonchev–Trinajstić information content (AvgIpc) is 2.88. The molecule has 0 aliphatic carbocycles. The lowest BCUT2D eigenvalue weighted by Crippen LogP contribution is -2.14. The highest BCUT2D eigenvalue weighted by Gasteiger charge is 2.20. The quantitative estimate of drug-likeness (QED) is 0.802. The normalized spacial score (nSPS) is 11.3. The monoisotopic (exact) mass is 358 g/mol. The third-order valence-corrected chi connectivity index (χ3v) is 5.36. The Labute approximate surface area is 137 Å². The van der Waals surface area contributed by atoms with E-state index in [2.05, 4.69) is 9.71 Å². The molecule has 0 aliphatic heterocycles. The van der Waals surface area contributed by atoms with Crippen LogP contribution in [0.5, 0.6) is 0 Å². The van der Waals surface area contributed by atoms with Gasteiger partial charge in [-0.05, 0) is 31.5 Å². The van der Waals surface area contributed by atoms with E-state index in [0.717, 1.165) is 17.4 Å². The van der Waals surface area contributed by atoms with Crippen LogP contribution < -0.4 is 4.72 Å². The Morgan fingerprint density at radius 1 is 1.43 bits per heavy atom. The fourth-order valence-electron chi connectivity index (χ4n) is 1.82. The SMILES string of the molecule is CCOC(=O)Cc1cnc(NS(=O)(=O)c2cc(F)ccc2C)s1. The molecule has 0 bridgehead atoms. The van der Waals surface area contributed by atoms with Gasteiger partial charge < -0.3 is 4.74 Å². The molecule has 0 spiro atoms. The van der Waals surface area contributed by atoms with Gasteiger partial charge in [0.1, 0.15) is 5.82 Å². The van der Waals surface area contributed by atoms with Crippen molar-refractivity contribution in [3.05, 3.63) is 40.7 Å². The van der Waals surface area contributed by atoms with Crippen LogP contribution in [0.2, 0.25) is 0 Å². The number of aromatic nitrogens is 1. The van der Waals surface area contributed by atoms with E-state index in [1.54, 1.807) is 13.8 Å². The lowest BCUT2D eigenvalue weighted by Gasteiger charge is -2.08. The van der Waals surface area contributed by atoms with E-state index >= 15 is 0 Å². The molecule has 0 radical (unpaired) electrons. The molecular formula is C14H15FN2O4S2. The molecular weight excluding hydrogens is 343 g/mol. The number of hydrogen-bond donors (Lipinski definition) is 1. The van der Waals surface area contributed by atoms with Gasteiger partial charge in [0.2, 0.25) is 0 Å². The van der Waals surface area contributed by atoms with Gasteiger partial charge in [-0.2, -0.15) is 0 Å². The van der Waals surface area contributed by atoms with E-state index in [1.807, 2.05) is 0 Å². The number of thiazole rings is 1. The molecule has 9 heteroatoms. The van der Waals surface area contributed by atoms with Gasteiger partial charge in [0.05, 0.1) is 17.9 Å². The Morgan fingerprint density at radius 3 is 2.87 bits per heavy atom. The van der Waals surface area contributed by atoms with Gasteiger partial charge in [0.25, 0.3) is 10.0 Å². The lowest BCUT2D eigenvalue weighted by atomic mass is 10.2. The Hall–Kier alpha value is -2.00. The number of halogens is 1. The van der Waals surface area contributed by atoms with Crippen LogP contribution >= 0.6 is 11.3 Å². The molecule has 1 aromatic carbocycles. The topological polar surface area (TPSA) is 85.4 Å². The number of nitrogens with zero attached hydrogens (tertiary/aromatic N) is 1. The zero-order valence-electron chi connectivity index (χ0n) is 12.5. The second-order valence-corrected chi connectivity index (χ2v) is 7.39. The number of esters is 1. The summed E-state index contributed by atoms with van der Waals surface area (Å²) in [5.41, 5.74) is 0.419. The second-order valence-electron chi connectivity index (χ2n) is 4.63. The van der Waals surface area contributed by atoms with Gasteiger partial charge in [-0.25, -0.2) is 17.8 Å². The maximum Gasteiger partial charge on any atom is 0.311 e. The Balaban J connectivity index is 2.17. The van der Waals surface area contributed by atoms with E-state index in [0.29, 0.717) is 10.4 Å². The molecule has 6 nitrogen and oxygen atoms in total. The molecule has 1 aromatic heterocycles. The van der Waals surface area contributed by atoms with Crippen LogP contribution in [0.1, 0.15) is 17.4 Å². The van der Waals surface area contributed by atoms with Crippen molar-refractivity contribution in [2.75, 3.05) is 11.3 Å². The minimum absolute atomic E-state index is 0.0201. The van der Waals surface area contributed by atoms with Crippen molar-refractivity contribution in [1.29, 1.82) is 0 Å². The summed E-state index contributed by atoms with van der Waals surface area (Å²) >= 11 is 1.02. The van der Waals surface area contributed by atoms with Crippen LogP contribution in [0.25, 0.3) is 0 Å². The first-order chi connectivity index (χ1) is 10.8. The molecule has 0 amide bonds. The average molecular weight is 358 g/mol. The molecule has 1 N–H and O–H groups in total. The van der Waals surface area contributed by atoms with Gasteiger partial charge >= 0.3 is 5.97 Å². The molecule has 0 saturated carbocycles. The van der Waals surface area contributed by atoms with Gasteiger partial charge in [-0.1, -0.05) is 6.07 Å². The van der Waals surface area contributed by atoms with Crippen LogP contribution in [0.3, 0.4) is 0 Å².